The summed E-state index contributed by atoms with van der Waals surface area (Å²) in [6.07, 6.45) is 0.759. The average molecular weight is 383 g/mol. The molecule has 2 heterocycles. The molecule has 1 aliphatic carbocycles. The number of aliphatic hydroxyl groups excluding tert-OH is 1. The lowest BCUT2D eigenvalue weighted by Gasteiger charge is -2.10. The molecule has 4 rings (SSSR count). The third-order valence-corrected chi connectivity index (χ3v) is 5.82. The van der Waals surface area contributed by atoms with Gasteiger partial charge in [-0.05, 0) is 36.4 Å². The van der Waals surface area contributed by atoms with Crippen LogP contribution in [0.15, 0.2) is 41.8 Å². The van der Waals surface area contributed by atoms with Gasteiger partial charge in [-0.3, -0.25) is 4.79 Å². The van der Waals surface area contributed by atoms with Crippen LogP contribution in [0, 0.1) is 0 Å². The van der Waals surface area contributed by atoms with Crippen LogP contribution in [0.25, 0.3) is 11.4 Å². The molecular formula is C19H21N5O2S. The second-order valence-corrected chi connectivity index (χ2v) is 7.90. The van der Waals surface area contributed by atoms with Crippen molar-refractivity contribution in [2.24, 2.45) is 11.5 Å². The number of hydrogen-bond donors (Lipinski definition) is 3. The number of aliphatic hydroxyl groups is 1. The summed E-state index contributed by atoms with van der Waals surface area (Å²) >= 11 is 1.67. The topological polar surface area (TPSA) is 120 Å². The van der Waals surface area contributed by atoms with Crippen LogP contribution in [-0.2, 0) is 6.54 Å². The van der Waals surface area contributed by atoms with Crippen LogP contribution in [0.5, 0.6) is 0 Å². The van der Waals surface area contributed by atoms with E-state index in [0.29, 0.717) is 30.8 Å². The summed E-state index contributed by atoms with van der Waals surface area (Å²) in [5.41, 5.74) is 12.6. The number of hydrogen-bond acceptors (Lipinski definition) is 6. The van der Waals surface area contributed by atoms with E-state index < -0.39 is 12.0 Å². The third kappa shape index (κ3) is 3.64. The molecule has 3 aromatic rings. The largest absolute Gasteiger partial charge is 0.391 e. The summed E-state index contributed by atoms with van der Waals surface area (Å²) in [7, 11) is 0. The smallest absolute Gasteiger partial charge is 0.248 e. The number of carbonyl (C=O) groups is 1. The van der Waals surface area contributed by atoms with Crippen molar-refractivity contribution in [3.63, 3.8) is 0 Å². The molecule has 8 heteroatoms. The van der Waals surface area contributed by atoms with Crippen LogP contribution in [-0.4, -0.2) is 37.9 Å². The normalized spacial score (nSPS) is 22.2. The Morgan fingerprint density at radius 2 is 2.04 bits per heavy atom. The van der Waals surface area contributed by atoms with Crippen molar-refractivity contribution in [1.29, 1.82) is 0 Å². The number of thiophene rings is 1. The molecule has 2 aromatic heterocycles. The van der Waals surface area contributed by atoms with Crippen molar-refractivity contribution in [3.8, 4) is 11.4 Å². The van der Waals surface area contributed by atoms with Gasteiger partial charge in [0.15, 0.2) is 5.82 Å². The first-order valence-corrected chi connectivity index (χ1v) is 9.70. The monoisotopic (exact) mass is 383 g/mol. The van der Waals surface area contributed by atoms with Crippen LogP contribution >= 0.6 is 11.3 Å². The lowest BCUT2D eigenvalue weighted by Crippen LogP contribution is -2.28. The number of aromatic nitrogens is 3. The van der Waals surface area contributed by atoms with Crippen molar-refractivity contribution < 1.29 is 9.90 Å². The van der Waals surface area contributed by atoms with Gasteiger partial charge in [-0.1, -0.05) is 18.2 Å². The molecule has 27 heavy (non-hydrogen) atoms. The van der Waals surface area contributed by atoms with E-state index in [-0.39, 0.29) is 12.0 Å². The second kappa shape index (κ2) is 7.22. The van der Waals surface area contributed by atoms with E-state index in [4.69, 9.17) is 21.5 Å². The van der Waals surface area contributed by atoms with Gasteiger partial charge in [-0.15, -0.1) is 11.3 Å². The van der Waals surface area contributed by atoms with E-state index in [1.807, 2.05) is 16.1 Å². The van der Waals surface area contributed by atoms with Gasteiger partial charge in [-0.25, -0.2) is 9.67 Å². The lowest BCUT2D eigenvalue weighted by atomic mass is 10.1. The zero-order valence-electron chi connectivity index (χ0n) is 14.7. The number of amides is 1. The maximum Gasteiger partial charge on any atom is 0.248 e. The van der Waals surface area contributed by atoms with Crippen LogP contribution in [0.4, 0.5) is 0 Å². The molecule has 7 nitrogen and oxygen atoms in total. The molecule has 5 N–H and O–H groups in total. The first-order valence-electron chi connectivity index (χ1n) is 8.82. The molecule has 0 bridgehead atoms. The van der Waals surface area contributed by atoms with E-state index in [1.165, 1.54) is 4.88 Å². The highest BCUT2D eigenvalue weighted by Crippen LogP contribution is 2.34. The quantitative estimate of drug-likeness (QED) is 0.620. The van der Waals surface area contributed by atoms with Crippen molar-refractivity contribution in [1.82, 2.24) is 14.8 Å². The fraction of sp³-hybridized carbons (Fsp3) is 0.316. The summed E-state index contributed by atoms with van der Waals surface area (Å²) in [5, 5.41) is 16.8. The van der Waals surface area contributed by atoms with Gasteiger partial charge < -0.3 is 16.6 Å². The van der Waals surface area contributed by atoms with Gasteiger partial charge in [0.2, 0.25) is 5.91 Å². The van der Waals surface area contributed by atoms with Gasteiger partial charge in [0, 0.05) is 28.0 Å². The van der Waals surface area contributed by atoms with Crippen LogP contribution in [0.2, 0.25) is 0 Å². The fourth-order valence-corrected chi connectivity index (χ4v) is 4.17. The van der Waals surface area contributed by atoms with E-state index in [2.05, 4.69) is 6.07 Å². The van der Waals surface area contributed by atoms with Crippen molar-refractivity contribution >= 4 is 17.2 Å². The van der Waals surface area contributed by atoms with Gasteiger partial charge in [0.1, 0.15) is 5.82 Å². The molecule has 0 saturated heterocycles. The van der Waals surface area contributed by atoms with Gasteiger partial charge >= 0.3 is 0 Å². The number of rotatable bonds is 5. The van der Waals surface area contributed by atoms with Crippen molar-refractivity contribution in [2.75, 3.05) is 0 Å². The average Bonchev–Trinajstić information content (AvgIpc) is 3.37. The van der Waals surface area contributed by atoms with Crippen LogP contribution in [0.1, 0.15) is 39.8 Å². The predicted octanol–water partition coefficient (Wildman–Crippen LogP) is 1.72. The molecule has 1 saturated carbocycles. The maximum atomic E-state index is 11.3. The number of nitrogens with zero attached hydrogens (tertiary/aromatic N) is 3. The Balaban J connectivity index is 1.69. The Labute approximate surface area is 160 Å². The first kappa shape index (κ1) is 17.8. The van der Waals surface area contributed by atoms with Gasteiger partial charge in [0.25, 0.3) is 0 Å². The number of nitrogens with two attached hydrogens (primary N) is 2. The van der Waals surface area contributed by atoms with E-state index in [1.54, 1.807) is 35.6 Å². The van der Waals surface area contributed by atoms with Crippen molar-refractivity contribution in [3.05, 3.63) is 58.0 Å². The molecule has 1 aliphatic rings. The van der Waals surface area contributed by atoms with E-state index >= 15 is 0 Å². The minimum absolute atomic E-state index is 0.0705. The lowest BCUT2D eigenvalue weighted by molar-refractivity contribution is 0.100. The number of benzene rings is 1. The van der Waals surface area contributed by atoms with Gasteiger partial charge in [-0.2, -0.15) is 5.10 Å². The molecule has 1 amide bonds. The number of primary amides is 1. The third-order valence-electron chi connectivity index (χ3n) is 4.96. The molecule has 3 atom stereocenters. The second-order valence-electron chi connectivity index (χ2n) is 6.87. The molecule has 0 radical (unpaired) electrons. The number of carbonyl (C=O) groups excluding carboxylic acids is 1. The van der Waals surface area contributed by atoms with Crippen LogP contribution < -0.4 is 11.5 Å². The Kier molecular flexibility index (Phi) is 4.77. The highest BCUT2D eigenvalue weighted by molar-refractivity contribution is 7.09. The maximum absolute atomic E-state index is 11.3. The highest BCUT2D eigenvalue weighted by atomic mass is 32.1. The Hall–Kier alpha value is -2.55. The summed E-state index contributed by atoms with van der Waals surface area (Å²) in [5.74, 6) is 1.03. The Morgan fingerprint density at radius 1 is 1.26 bits per heavy atom. The first-order chi connectivity index (χ1) is 13.0. The van der Waals surface area contributed by atoms with Crippen LogP contribution in [0.3, 0.4) is 0 Å². The zero-order valence-corrected chi connectivity index (χ0v) is 15.5. The van der Waals surface area contributed by atoms with E-state index in [9.17, 15) is 9.90 Å². The molecule has 0 aliphatic heterocycles. The molecule has 0 spiro atoms. The summed E-state index contributed by atoms with van der Waals surface area (Å²) in [6, 6.07) is 10.8. The Morgan fingerprint density at radius 3 is 2.63 bits per heavy atom. The molecule has 140 valence electrons. The summed E-state index contributed by atoms with van der Waals surface area (Å²) in [4.78, 5) is 17.2. The Bertz CT molecular complexity index is 926. The predicted molar refractivity (Wildman–Crippen MR) is 103 cm³/mol. The fourth-order valence-electron chi connectivity index (χ4n) is 3.49. The molecule has 1 aromatic carbocycles. The minimum Gasteiger partial charge on any atom is -0.391 e. The summed E-state index contributed by atoms with van der Waals surface area (Å²) in [6.45, 7) is 0.626. The van der Waals surface area contributed by atoms with Crippen molar-refractivity contribution in [2.45, 2.75) is 37.5 Å². The standard InChI is InChI=1S/C19H21N5O2S/c20-15-8-13(9-16(15)25)19-22-18(12-5-3-11(4-6-12)17(21)26)23-24(19)10-14-2-1-7-27-14/h1-7,13,15-16,25H,8-10,20H2,(H2,21,26)/t13-,15-,16-/m0/s1. The summed E-state index contributed by atoms with van der Waals surface area (Å²) < 4.78 is 1.90. The molecule has 1 fully saturated rings. The molecule has 0 unspecified atom stereocenters. The van der Waals surface area contributed by atoms with Gasteiger partial charge in [0.05, 0.1) is 12.6 Å². The zero-order chi connectivity index (χ0) is 19.0. The highest BCUT2D eigenvalue weighted by Gasteiger charge is 2.34. The van der Waals surface area contributed by atoms with E-state index in [0.717, 1.165) is 11.4 Å². The molecular weight excluding hydrogens is 362 g/mol. The minimum atomic E-state index is -0.514. The SMILES string of the molecule is NC(=O)c1ccc(-c2nc([C@H]3C[C@H](N)[C@@H](O)C3)n(Cc3cccs3)n2)cc1.